The van der Waals surface area contributed by atoms with Crippen molar-refractivity contribution < 1.29 is 14.3 Å². The molecule has 0 fully saturated rings. The van der Waals surface area contributed by atoms with Crippen molar-refractivity contribution in [1.29, 1.82) is 0 Å². The normalized spacial score (nSPS) is 11.6. The SMILES string of the molecule is COc1ccc([C@@H](C)NC(=O)CCSc2ccccc2)cc1OC. The molecule has 0 unspecified atom stereocenters. The van der Waals surface area contributed by atoms with Gasteiger partial charge in [0, 0.05) is 17.1 Å². The van der Waals surface area contributed by atoms with Gasteiger partial charge in [-0.25, -0.2) is 0 Å². The van der Waals surface area contributed by atoms with Crippen LogP contribution in [-0.2, 0) is 4.79 Å². The minimum atomic E-state index is -0.0842. The van der Waals surface area contributed by atoms with Crippen LogP contribution in [0.1, 0.15) is 24.9 Å². The zero-order valence-electron chi connectivity index (χ0n) is 14.2. The quantitative estimate of drug-likeness (QED) is 0.733. The maximum atomic E-state index is 12.1. The summed E-state index contributed by atoms with van der Waals surface area (Å²) in [6.45, 7) is 1.96. The van der Waals surface area contributed by atoms with Gasteiger partial charge < -0.3 is 14.8 Å². The van der Waals surface area contributed by atoms with Crippen molar-refractivity contribution in [2.24, 2.45) is 0 Å². The van der Waals surface area contributed by atoms with Gasteiger partial charge in [-0.15, -0.1) is 11.8 Å². The number of hydrogen-bond donors (Lipinski definition) is 1. The van der Waals surface area contributed by atoms with E-state index in [1.807, 2.05) is 43.3 Å². The number of ether oxygens (including phenoxy) is 2. The minimum absolute atomic E-state index is 0.0423. The molecule has 0 aliphatic heterocycles. The third kappa shape index (κ3) is 5.20. The molecule has 0 spiro atoms. The van der Waals surface area contributed by atoms with Crippen molar-refractivity contribution in [3.63, 3.8) is 0 Å². The topological polar surface area (TPSA) is 47.6 Å². The van der Waals surface area contributed by atoms with Gasteiger partial charge in [0.15, 0.2) is 11.5 Å². The molecule has 0 bridgehead atoms. The Bertz CT molecular complexity index is 661. The number of carbonyl (C=O) groups is 1. The summed E-state index contributed by atoms with van der Waals surface area (Å²) in [5.41, 5.74) is 0.983. The Hall–Kier alpha value is -2.14. The van der Waals surface area contributed by atoms with Gasteiger partial charge in [0.1, 0.15) is 0 Å². The zero-order chi connectivity index (χ0) is 17.4. The molecule has 0 saturated heterocycles. The number of amides is 1. The van der Waals surface area contributed by atoms with E-state index in [1.54, 1.807) is 26.0 Å². The molecule has 2 rings (SSSR count). The van der Waals surface area contributed by atoms with Crippen LogP contribution in [0.3, 0.4) is 0 Å². The lowest BCUT2D eigenvalue weighted by molar-refractivity contribution is -0.121. The van der Waals surface area contributed by atoms with Gasteiger partial charge >= 0.3 is 0 Å². The molecular weight excluding hydrogens is 322 g/mol. The largest absolute Gasteiger partial charge is 0.493 e. The van der Waals surface area contributed by atoms with Crippen LogP contribution in [0.15, 0.2) is 53.4 Å². The maximum absolute atomic E-state index is 12.1. The third-order valence-corrected chi connectivity index (χ3v) is 4.64. The smallest absolute Gasteiger partial charge is 0.221 e. The number of hydrogen-bond acceptors (Lipinski definition) is 4. The lowest BCUT2D eigenvalue weighted by Crippen LogP contribution is -2.26. The molecule has 2 aromatic rings. The first kappa shape index (κ1) is 18.2. The standard InChI is InChI=1S/C19H23NO3S/c1-14(15-9-10-17(22-2)18(13-15)23-3)20-19(21)11-12-24-16-7-5-4-6-8-16/h4-10,13-14H,11-12H2,1-3H3,(H,20,21)/t14-/m1/s1. The average Bonchev–Trinajstić information content (AvgIpc) is 2.61. The number of rotatable bonds is 8. The highest BCUT2D eigenvalue weighted by molar-refractivity contribution is 7.99. The second-order valence-corrected chi connectivity index (χ2v) is 6.48. The average molecular weight is 345 g/mol. The predicted molar refractivity (Wildman–Crippen MR) is 97.9 cm³/mol. The van der Waals surface area contributed by atoms with Crippen LogP contribution in [-0.4, -0.2) is 25.9 Å². The van der Waals surface area contributed by atoms with Crippen LogP contribution in [0.2, 0.25) is 0 Å². The molecule has 0 saturated carbocycles. The fourth-order valence-electron chi connectivity index (χ4n) is 2.30. The van der Waals surface area contributed by atoms with Gasteiger partial charge in [-0.05, 0) is 36.8 Å². The van der Waals surface area contributed by atoms with E-state index in [4.69, 9.17) is 9.47 Å². The lowest BCUT2D eigenvalue weighted by atomic mass is 10.1. The molecule has 0 aromatic heterocycles. The summed E-state index contributed by atoms with van der Waals surface area (Å²) in [4.78, 5) is 13.3. The van der Waals surface area contributed by atoms with Crippen molar-refractivity contribution in [1.82, 2.24) is 5.32 Å². The molecule has 1 N–H and O–H groups in total. The number of carbonyl (C=O) groups excluding carboxylic acids is 1. The van der Waals surface area contributed by atoms with Crippen LogP contribution in [0.5, 0.6) is 11.5 Å². The zero-order valence-corrected chi connectivity index (χ0v) is 15.1. The highest BCUT2D eigenvalue weighted by atomic mass is 32.2. The Labute approximate surface area is 147 Å². The first-order chi connectivity index (χ1) is 11.6. The van der Waals surface area contributed by atoms with E-state index in [9.17, 15) is 4.79 Å². The van der Waals surface area contributed by atoms with Gasteiger partial charge in [-0.1, -0.05) is 24.3 Å². The van der Waals surface area contributed by atoms with Crippen molar-refractivity contribution in [2.45, 2.75) is 24.3 Å². The second kappa shape index (κ2) is 9.23. The second-order valence-electron chi connectivity index (χ2n) is 5.32. The predicted octanol–water partition coefficient (Wildman–Crippen LogP) is 4.06. The van der Waals surface area contributed by atoms with Crippen molar-refractivity contribution in [2.75, 3.05) is 20.0 Å². The Morgan fingerprint density at radius 2 is 1.79 bits per heavy atom. The molecule has 24 heavy (non-hydrogen) atoms. The number of benzene rings is 2. The summed E-state index contributed by atoms with van der Waals surface area (Å²) in [5, 5.41) is 3.02. The number of nitrogens with one attached hydrogen (secondary N) is 1. The van der Waals surface area contributed by atoms with Gasteiger partial charge in [0.2, 0.25) is 5.91 Å². The van der Waals surface area contributed by atoms with Crippen molar-refractivity contribution in [3.8, 4) is 11.5 Å². The first-order valence-corrected chi connectivity index (χ1v) is 8.81. The van der Waals surface area contributed by atoms with Crippen LogP contribution in [0.25, 0.3) is 0 Å². The Kier molecular flexibility index (Phi) is 7.00. The molecule has 5 heteroatoms. The van der Waals surface area contributed by atoms with Crippen LogP contribution >= 0.6 is 11.8 Å². The summed E-state index contributed by atoms with van der Waals surface area (Å²) in [5.74, 6) is 2.14. The number of methoxy groups -OCH3 is 2. The van der Waals surface area contributed by atoms with E-state index in [1.165, 1.54) is 4.90 Å². The van der Waals surface area contributed by atoms with Crippen LogP contribution < -0.4 is 14.8 Å². The molecule has 4 nitrogen and oxygen atoms in total. The highest BCUT2D eigenvalue weighted by Crippen LogP contribution is 2.29. The fourth-order valence-corrected chi connectivity index (χ4v) is 3.17. The monoisotopic (exact) mass is 345 g/mol. The summed E-state index contributed by atoms with van der Waals surface area (Å²) < 4.78 is 10.5. The van der Waals surface area contributed by atoms with E-state index in [2.05, 4.69) is 17.4 Å². The molecule has 0 heterocycles. The Balaban J connectivity index is 1.85. The van der Waals surface area contributed by atoms with Gasteiger partial charge in [0.05, 0.1) is 20.3 Å². The summed E-state index contributed by atoms with van der Waals surface area (Å²) in [6.07, 6.45) is 0.483. The molecule has 1 atom stereocenters. The maximum Gasteiger partial charge on any atom is 0.221 e. The Morgan fingerprint density at radius 1 is 1.08 bits per heavy atom. The minimum Gasteiger partial charge on any atom is -0.493 e. The van der Waals surface area contributed by atoms with Gasteiger partial charge in [-0.2, -0.15) is 0 Å². The number of thioether (sulfide) groups is 1. The lowest BCUT2D eigenvalue weighted by Gasteiger charge is -2.16. The molecule has 0 aliphatic carbocycles. The molecule has 1 amide bonds. The summed E-state index contributed by atoms with van der Waals surface area (Å²) in [6, 6.07) is 15.7. The summed E-state index contributed by atoms with van der Waals surface area (Å²) in [7, 11) is 3.21. The van der Waals surface area contributed by atoms with Crippen LogP contribution in [0, 0.1) is 0 Å². The molecular formula is C19H23NO3S. The molecule has 0 aliphatic rings. The molecule has 128 valence electrons. The van der Waals surface area contributed by atoms with Gasteiger partial charge in [0.25, 0.3) is 0 Å². The molecule has 0 radical (unpaired) electrons. The van der Waals surface area contributed by atoms with E-state index in [0.29, 0.717) is 17.9 Å². The third-order valence-electron chi connectivity index (χ3n) is 3.63. The highest BCUT2D eigenvalue weighted by Gasteiger charge is 2.12. The fraction of sp³-hybridized carbons (Fsp3) is 0.316. The first-order valence-electron chi connectivity index (χ1n) is 7.83. The molecule has 2 aromatic carbocycles. The van der Waals surface area contributed by atoms with Crippen molar-refractivity contribution in [3.05, 3.63) is 54.1 Å². The van der Waals surface area contributed by atoms with Crippen LogP contribution in [0.4, 0.5) is 0 Å². The van der Waals surface area contributed by atoms with E-state index in [0.717, 1.165) is 11.3 Å². The Morgan fingerprint density at radius 3 is 2.46 bits per heavy atom. The van der Waals surface area contributed by atoms with E-state index in [-0.39, 0.29) is 11.9 Å². The van der Waals surface area contributed by atoms with E-state index >= 15 is 0 Å². The van der Waals surface area contributed by atoms with Gasteiger partial charge in [-0.3, -0.25) is 4.79 Å². The van der Waals surface area contributed by atoms with Crippen molar-refractivity contribution >= 4 is 17.7 Å². The van der Waals surface area contributed by atoms with E-state index < -0.39 is 0 Å². The summed E-state index contributed by atoms with van der Waals surface area (Å²) >= 11 is 1.69.